The number of carboxylic acid groups (broad SMARTS) is 1. The van der Waals surface area contributed by atoms with E-state index in [4.69, 9.17) is 15.9 Å². The van der Waals surface area contributed by atoms with Crippen LogP contribution in [0.3, 0.4) is 0 Å². The lowest BCUT2D eigenvalue weighted by molar-refractivity contribution is -0.143. The largest absolute Gasteiger partial charge is 0.480 e. The van der Waals surface area contributed by atoms with E-state index < -0.39 is 42.5 Å². The number of fused-ring (bicyclic) bond motifs is 1. The number of aromatic nitrogens is 1. The first kappa shape index (κ1) is 21.4. The third-order valence-electron chi connectivity index (χ3n) is 4.55. The minimum absolute atomic E-state index is 0.129. The number of hydrogen-bond acceptors (Lipinski definition) is 5. The molecule has 9 nitrogen and oxygen atoms in total. The second kappa shape index (κ2) is 9.34. The number of H-pyrrole nitrogens is 1. The zero-order valence-electron chi connectivity index (χ0n) is 15.8. The second-order valence-corrected chi connectivity index (χ2v) is 6.98. The Morgan fingerprint density at radius 3 is 2.36 bits per heavy atom. The topological polar surface area (TPSA) is 158 Å². The van der Waals surface area contributed by atoms with Gasteiger partial charge in [-0.15, -0.1) is 0 Å². The molecule has 28 heavy (non-hydrogen) atoms. The molecule has 2 rings (SSSR count). The van der Waals surface area contributed by atoms with Crippen LogP contribution in [0.25, 0.3) is 10.9 Å². The van der Waals surface area contributed by atoms with Gasteiger partial charge in [-0.1, -0.05) is 32.0 Å². The SMILES string of the molecule is CC(C)C(N)C(=O)NC(Cc1c[nH]c2ccccc12)C(=O)NC(CO)C(=O)O. The number of nitrogens with one attached hydrogen (secondary N) is 3. The van der Waals surface area contributed by atoms with Crippen LogP contribution in [0.15, 0.2) is 30.5 Å². The Hall–Kier alpha value is -2.91. The van der Waals surface area contributed by atoms with Crippen molar-refractivity contribution in [1.29, 1.82) is 0 Å². The van der Waals surface area contributed by atoms with E-state index in [-0.39, 0.29) is 12.3 Å². The average Bonchev–Trinajstić information content (AvgIpc) is 3.07. The first-order valence-corrected chi connectivity index (χ1v) is 8.99. The highest BCUT2D eigenvalue weighted by molar-refractivity contribution is 5.93. The number of carbonyl (C=O) groups excluding carboxylic acids is 2. The van der Waals surface area contributed by atoms with Crippen LogP contribution in [0.4, 0.5) is 0 Å². The minimum atomic E-state index is -1.46. The van der Waals surface area contributed by atoms with E-state index in [0.717, 1.165) is 16.5 Å². The molecule has 0 spiro atoms. The van der Waals surface area contributed by atoms with Crippen LogP contribution in [0.1, 0.15) is 19.4 Å². The van der Waals surface area contributed by atoms with Crippen molar-refractivity contribution < 1.29 is 24.6 Å². The van der Waals surface area contributed by atoms with Crippen molar-refractivity contribution in [2.75, 3.05) is 6.61 Å². The van der Waals surface area contributed by atoms with Gasteiger partial charge in [0.05, 0.1) is 12.6 Å². The molecule has 1 aromatic heterocycles. The molecular formula is C19H26N4O5. The lowest BCUT2D eigenvalue weighted by atomic mass is 10.0. The van der Waals surface area contributed by atoms with Crippen LogP contribution in [-0.4, -0.2) is 57.7 Å². The Morgan fingerprint density at radius 2 is 1.75 bits per heavy atom. The number of benzene rings is 1. The summed E-state index contributed by atoms with van der Waals surface area (Å²) in [5.41, 5.74) is 7.52. The number of nitrogens with two attached hydrogens (primary N) is 1. The van der Waals surface area contributed by atoms with E-state index in [9.17, 15) is 14.4 Å². The summed E-state index contributed by atoms with van der Waals surface area (Å²) in [5, 5.41) is 24.0. The summed E-state index contributed by atoms with van der Waals surface area (Å²) in [6, 6.07) is 4.16. The molecule has 0 saturated carbocycles. The van der Waals surface area contributed by atoms with Crippen LogP contribution in [0.5, 0.6) is 0 Å². The molecule has 2 aromatic rings. The lowest BCUT2D eigenvalue weighted by Gasteiger charge is -2.23. The Bertz CT molecular complexity index is 848. The highest BCUT2D eigenvalue weighted by Crippen LogP contribution is 2.19. The zero-order valence-corrected chi connectivity index (χ0v) is 15.8. The maximum Gasteiger partial charge on any atom is 0.328 e. The molecule has 0 aliphatic carbocycles. The van der Waals surface area contributed by atoms with Crippen molar-refractivity contribution in [3.05, 3.63) is 36.0 Å². The van der Waals surface area contributed by atoms with Crippen molar-refractivity contribution in [2.45, 2.75) is 38.4 Å². The maximum atomic E-state index is 12.7. The number of para-hydroxylation sites is 1. The lowest BCUT2D eigenvalue weighted by Crippen LogP contribution is -2.56. The molecule has 0 aliphatic rings. The fourth-order valence-corrected chi connectivity index (χ4v) is 2.76. The third kappa shape index (κ3) is 5.08. The van der Waals surface area contributed by atoms with Crippen LogP contribution >= 0.6 is 0 Å². The van der Waals surface area contributed by atoms with Crippen molar-refractivity contribution in [1.82, 2.24) is 15.6 Å². The molecule has 0 radical (unpaired) electrons. The van der Waals surface area contributed by atoms with E-state index in [1.807, 2.05) is 24.3 Å². The highest BCUT2D eigenvalue weighted by Gasteiger charge is 2.29. The predicted molar refractivity (Wildman–Crippen MR) is 103 cm³/mol. The standard InChI is InChI=1S/C19H26N4O5/c1-10(2)16(20)18(26)22-14(17(25)23-15(9-24)19(27)28)7-11-8-21-13-6-4-3-5-12(11)13/h3-6,8,10,14-16,21,24H,7,9,20H2,1-2H3,(H,22,26)(H,23,25)(H,27,28). The summed E-state index contributed by atoms with van der Waals surface area (Å²) < 4.78 is 0. The minimum Gasteiger partial charge on any atom is -0.480 e. The molecule has 152 valence electrons. The number of amides is 2. The number of aliphatic carboxylic acids is 1. The summed E-state index contributed by atoms with van der Waals surface area (Å²) in [7, 11) is 0. The molecule has 3 atom stereocenters. The molecule has 0 saturated heterocycles. The smallest absolute Gasteiger partial charge is 0.328 e. The summed E-state index contributed by atoms with van der Waals surface area (Å²) >= 11 is 0. The fourth-order valence-electron chi connectivity index (χ4n) is 2.76. The molecular weight excluding hydrogens is 364 g/mol. The molecule has 3 unspecified atom stereocenters. The average molecular weight is 390 g/mol. The number of aromatic amines is 1. The molecule has 7 N–H and O–H groups in total. The highest BCUT2D eigenvalue weighted by atomic mass is 16.4. The second-order valence-electron chi connectivity index (χ2n) is 6.98. The van der Waals surface area contributed by atoms with Crippen LogP contribution in [0, 0.1) is 5.92 Å². The molecule has 2 amide bonds. The summed E-state index contributed by atoms with van der Waals surface area (Å²) in [4.78, 5) is 39.3. The molecule has 1 aromatic carbocycles. The van der Waals surface area contributed by atoms with Crippen molar-refractivity contribution >= 4 is 28.7 Å². The Balaban J connectivity index is 2.25. The zero-order chi connectivity index (χ0) is 20.8. The quantitative estimate of drug-likeness (QED) is 0.346. The van der Waals surface area contributed by atoms with Gasteiger partial charge in [-0.05, 0) is 17.5 Å². The Morgan fingerprint density at radius 1 is 1.11 bits per heavy atom. The Kier molecular flexibility index (Phi) is 7.13. The third-order valence-corrected chi connectivity index (χ3v) is 4.55. The molecule has 1 heterocycles. The van der Waals surface area contributed by atoms with Gasteiger partial charge in [-0.3, -0.25) is 9.59 Å². The number of aliphatic hydroxyl groups is 1. The molecule has 0 fully saturated rings. The van der Waals surface area contributed by atoms with E-state index in [2.05, 4.69) is 15.6 Å². The summed E-state index contributed by atoms with van der Waals surface area (Å²) in [6.07, 6.45) is 1.87. The van der Waals surface area contributed by atoms with Gasteiger partial charge in [-0.25, -0.2) is 4.79 Å². The number of carbonyl (C=O) groups is 3. The van der Waals surface area contributed by atoms with Crippen LogP contribution in [-0.2, 0) is 20.8 Å². The van der Waals surface area contributed by atoms with Crippen molar-refractivity contribution in [2.24, 2.45) is 11.7 Å². The van der Waals surface area contributed by atoms with E-state index in [0.29, 0.717) is 0 Å². The summed E-state index contributed by atoms with van der Waals surface area (Å²) in [6.45, 7) is 2.80. The van der Waals surface area contributed by atoms with Gasteiger partial charge >= 0.3 is 5.97 Å². The van der Waals surface area contributed by atoms with Gasteiger partial charge in [0.2, 0.25) is 11.8 Å². The normalized spacial score (nSPS) is 14.5. The number of hydrogen-bond donors (Lipinski definition) is 6. The van der Waals surface area contributed by atoms with Gasteiger partial charge in [-0.2, -0.15) is 0 Å². The van der Waals surface area contributed by atoms with E-state index in [1.165, 1.54) is 0 Å². The monoisotopic (exact) mass is 390 g/mol. The summed E-state index contributed by atoms with van der Waals surface area (Å²) in [5.74, 6) is -2.73. The first-order chi connectivity index (χ1) is 13.2. The Labute approximate surface area is 162 Å². The van der Waals surface area contributed by atoms with Gasteiger partial charge in [0.15, 0.2) is 0 Å². The number of carboxylic acids is 1. The number of aliphatic hydroxyl groups excluding tert-OH is 1. The maximum absolute atomic E-state index is 12.7. The van der Waals surface area contributed by atoms with Crippen molar-refractivity contribution in [3.63, 3.8) is 0 Å². The van der Waals surface area contributed by atoms with E-state index in [1.54, 1.807) is 20.0 Å². The van der Waals surface area contributed by atoms with Gasteiger partial charge in [0, 0.05) is 23.5 Å². The fraction of sp³-hybridized carbons (Fsp3) is 0.421. The van der Waals surface area contributed by atoms with Gasteiger partial charge in [0.25, 0.3) is 0 Å². The van der Waals surface area contributed by atoms with Crippen molar-refractivity contribution in [3.8, 4) is 0 Å². The van der Waals surface area contributed by atoms with Gasteiger partial charge < -0.3 is 31.6 Å². The molecule has 0 bridgehead atoms. The first-order valence-electron chi connectivity index (χ1n) is 8.99. The molecule has 0 aliphatic heterocycles. The number of rotatable bonds is 9. The van der Waals surface area contributed by atoms with E-state index >= 15 is 0 Å². The predicted octanol–water partition coefficient (Wildman–Crippen LogP) is -0.260. The van der Waals surface area contributed by atoms with Gasteiger partial charge in [0.1, 0.15) is 12.1 Å². The van der Waals surface area contributed by atoms with Crippen LogP contribution in [0.2, 0.25) is 0 Å². The van der Waals surface area contributed by atoms with Crippen LogP contribution < -0.4 is 16.4 Å². The molecule has 9 heteroatoms.